The minimum Gasteiger partial charge on any atom is -0.489 e. The number of rotatable bonds is 4. The first-order valence-electron chi connectivity index (χ1n) is 8.71. The SMILES string of the molecule is O=C(NCc1cc(Cl)c2c(c1)OCCCO2)C1(c2cccc(Br)c2)CC1. The molecule has 136 valence electrons. The second kappa shape index (κ2) is 7.12. The van der Waals surface area contributed by atoms with Crippen molar-refractivity contribution in [2.75, 3.05) is 13.2 Å². The van der Waals surface area contributed by atoms with Crippen molar-refractivity contribution < 1.29 is 14.3 Å². The summed E-state index contributed by atoms with van der Waals surface area (Å²) in [7, 11) is 0. The topological polar surface area (TPSA) is 47.6 Å². The molecule has 26 heavy (non-hydrogen) atoms. The Hall–Kier alpha value is -1.72. The fraction of sp³-hybridized carbons (Fsp3) is 0.350. The van der Waals surface area contributed by atoms with E-state index in [1.165, 1.54) is 0 Å². The van der Waals surface area contributed by atoms with Crippen molar-refractivity contribution in [1.29, 1.82) is 0 Å². The van der Waals surface area contributed by atoms with Crippen LogP contribution >= 0.6 is 27.5 Å². The van der Waals surface area contributed by atoms with E-state index in [1.807, 2.05) is 36.4 Å². The lowest BCUT2D eigenvalue weighted by atomic mass is 9.95. The van der Waals surface area contributed by atoms with Crippen LogP contribution in [0.4, 0.5) is 0 Å². The average molecular weight is 437 g/mol. The molecule has 1 N–H and O–H groups in total. The normalized spacial score (nSPS) is 17.3. The van der Waals surface area contributed by atoms with Crippen LogP contribution in [-0.2, 0) is 16.8 Å². The number of amides is 1. The Morgan fingerprint density at radius 1 is 1.19 bits per heavy atom. The number of hydrogen-bond donors (Lipinski definition) is 1. The van der Waals surface area contributed by atoms with E-state index in [-0.39, 0.29) is 5.91 Å². The molecule has 0 aromatic heterocycles. The predicted octanol–water partition coefficient (Wildman–Crippen LogP) is 4.61. The fourth-order valence-electron chi connectivity index (χ4n) is 3.30. The largest absolute Gasteiger partial charge is 0.489 e. The Kier molecular flexibility index (Phi) is 4.84. The number of halogens is 2. The van der Waals surface area contributed by atoms with Crippen molar-refractivity contribution in [3.63, 3.8) is 0 Å². The van der Waals surface area contributed by atoms with Crippen LogP contribution in [0.2, 0.25) is 5.02 Å². The van der Waals surface area contributed by atoms with E-state index in [9.17, 15) is 4.79 Å². The molecule has 1 heterocycles. The molecular weight excluding hydrogens is 418 g/mol. The van der Waals surface area contributed by atoms with Crippen molar-refractivity contribution in [2.24, 2.45) is 0 Å². The van der Waals surface area contributed by atoms with E-state index < -0.39 is 5.41 Å². The molecule has 0 spiro atoms. The second-order valence-corrected chi connectivity index (χ2v) is 8.05. The minimum atomic E-state index is -0.404. The molecule has 1 aliphatic heterocycles. The zero-order chi connectivity index (χ0) is 18.1. The molecule has 1 amide bonds. The van der Waals surface area contributed by atoms with Gasteiger partial charge in [-0.3, -0.25) is 4.79 Å². The lowest BCUT2D eigenvalue weighted by molar-refractivity contribution is -0.123. The Morgan fingerprint density at radius 2 is 2.00 bits per heavy atom. The smallest absolute Gasteiger partial charge is 0.230 e. The minimum absolute atomic E-state index is 0.0545. The fourth-order valence-corrected chi connectivity index (χ4v) is 3.98. The third kappa shape index (κ3) is 3.42. The summed E-state index contributed by atoms with van der Waals surface area (Å²) in [6, 6.07) is 11.7. The van der Waals surface area contributed by atoms with Crippen molar-refractivity contribution in [3.05, 3.63) is 57.0 Å². The number of fused-ring (bicyclic) bond motifs is 1. The third-order valence-electron chi connectivity index (χ3n) is 4.88. The number of hydrogen-bond acceptors (Lipinski definition) is 3. The van der Waals surface area contributed by atoms with Crippen molar-refractivity contribution in [3.8, 4) is 11.5 Å². The Labute approximate surface area is 166 Å². The third-order valence-corrected chi connectivity index (χ3v) is 5.65. The van der Waals surface area contributed by atoms with Crippen molar-refractivity contribution in [1.82, 2.24) is 5.32 Å². The lowest BCUT2D eigenvalue weighted by Gasteiger charge is -2.17. The monoisotopic (exact) mass is 435 g/mol. The number of carbonyl (C=O) groups is 1. The van der Waals surface area contributed by atoms with Crippen molar-refractivity contribution in [2.45, 2.75) is 31.2 Å². The van der Waals surface area contributed by atoms with Gasteiger partial charge in [0.15, 0.2) is 11.5 Å². The van der Waals surface area contributed by atoms with E-state index in [2.05, 4.69) is 21.2 Å². The van der Waals surface area contributed by atoms with Gasteiger partial charge in [0.05, 0.1) is 23.7 Å². The van der Waals surface area contributed by atoms with Gasteiger partial charge in [-0.05, 0) is 48.2 Å². The van der Waals surface area contributed by atoms with E-state index in [1.54, 1.807) is 0 Å². The summed E-state index contributed by atoms with van der Waals surface area (Å²) in [4.78, 5) is 12.8. The van der Waals surface area contributed by atoms with Gasteiger partial charge >= 0.3 is 0 Å². The maximum Gasteiger partial charge on any atom is 0.230 e. The molecule has 2 aromatic rings. The molecule has 0 radical (unpaired) electrons. The highest BCUT2D eigenvalue weighted by Gasteiger charge is 2.51. The van der Waals surface area contributed by atoms with E-state index in [4.69, 9.17) is 21.1 Å². The van der Waals surface area contributed by atoms with Crippen LogP contribution in [0.5, 0.6) is 11.5 Å². The van der Waals surface area contributed by atoms with Crippen LogP contribution in [0.1, 0.15) is 30.4 Å². The van der Waals surface area contributed by atoms with E-state index in [0.717, 1.165) is 34.9 Å². The average Bonchev–Trinajstić information content (AvgIpc) is 3.44. The summed E-state index contributed by atoms with van der Waals surface area (Å²) >= 11 is 9.81. The summed E-state index contributed by atoms with van der Waals surface area (Å²) in [5.74, 6) is 1.29. The lowest BCUT2D eigenvalue weighted by Crippen LogP contribution is -2.34. The van der Waals surface area contributed by atoms with Gasteiger partial charge in [-0.2, -0.15) is 0 Å². The summed E-state index contributed by atoms with van der Waals surface area (Å²) in [6.45, 7) is 1.61. The summed E-state index contributed by atoms with van der Waals surface area (Å²) in [6.07, 6.45) is 2.57. The molecule has 0 unspecified atom stereocenters. The van der Waals surface area contributed by atoms with Crippen LogP contribution in [-0.4, -0.2) is 19.1 Å². The summed E-state index contributed by atoms with van der Waals surface area (Å²) in [5.41, 5.74) is 1.55. The molecule has 2 aromatic carbocycles. The van der Waals surface area contributed by atoms with Crippen LogP contribution in [0.3, 0.4) is 0 Å². The number of nitrogens with one attached hydrogen (secondary N) is 1. The molecule has 0 saturated heterocycles. The Balaban J connectivity index is 1.48. The number of ether oxygens (including phenoxy) is 2. The molecular formula is C20H19BrClNO3. The first kappa shape index (κ1) is 17.7. The first-order chi connectivity index (χ1) is 12.6. The number of carbonyl (C=O) groups excluding carboxylic acids is 1. The van der Waals surface area contributed by atoms with Gasteiger partial charge in [-0.1, -0.05) is 39.7 Å². The van der Waals surface area contributed by atoms with Crippen molar-refractivity contribution >= 4 is 33.4 Å². The highest BCUT2D eigenvalue weighted by Crippen LogP contribution is 2.49. The molecule has 0 bridgehead atoms. The highest BCUT2D eigenvalue weighted by molar-refractivity contribution is 9.10. The zero-order valence-corrected chi connectivity index (χ0v) is 16.5. The molecule has 0 atom stereocenters. The van der Waals surface area contributed by atoms with Gasteiger partial charge in [0.25, 0.3) is 0 Å². The quantitative estimate of drug-likeness (QED) is 0.761. The van der Waals surface area contributed by atoms with E-state index >= 15 is 0 Å². The first-order valence-corrected chi connectivity index (χ1v) is 9.88. The van der Waals surface area contributed by atoms with Gasteiger partial charge in [-0.25, -0.2) is 0 Å². The molecule has 1 aliphatic carbocycles. The molecule has 1 fully saturated rings. The molecule has 2 aliphatic rings. The Morgan fingerprint density at radius 3 is 2.77 bits per heavy atom. The maximum atomic E-state index is 12.8. The maximum absolute atomic E-state index is 12.8. The van der Waals surface area contributed by atoms with Crippen LogP contribution in [0.15, 0.2) is 40.9 Å². The highest BCUT2D eigenvalue weighted by atomic mass is 79.9. The Bertz CT molecular complexity index is 851. The van der Waals surface area contributed by atoms with Crippen LogP contribution < -0.4 is 14.8 Å². The van der Waals surface area contributed by atoms with Gasteiger partial charge < -0.3 is 14.8 Å². The van der Waals surface area contributed by atoms with Crippen LogP contribution in [0.25, 0.3) is 0 Å². The van der Waals surface area contributed by atoms with Gasteiger partial charge in [-0.15, -0.1) is 0 Å². The zero-order valence-electron chi connectivity index (χ0n) is 14.2. The summed E-state index contributed by atoms with van der Waals surface area (Å²) in [5, 5.41) is 3.58. The van der Waals surface area contributed by atoms with E-state index in [0.29, 0.717) is 36.3 Å². The standard InChI is InChI=1S/C20H19BrClNO3/c21-15-4-1-3-14(11-15)20(5-6-20)19(24)23-12-13-9-16(22)18-17(10-13)25-7-2-8-26-18/h1,3-4,9-11H,2,5-8,12H2,(H,23,24). The molecule has 4 nitrogen and oxygen atoms in total. The van der Waals surface area contributed by atoms with Gasteiger partial charge in [0.2, 0.25) is 5.91 Å². The second-order valence-electron chi connectivity index (χ2n) is 6.73. The van der Waals surface area contributed by atoms with Crippen LogP contribution in [0, 0.1) is 0 Å². The summed E-state index contributed by atoms with van der Waals surface area (Å²) < 4.78 is 12.3. The number of benzene rings is 2. The molecule has 1 saturated carbocycles. The molecule has 4 rings (SSSR count). The van der Waals surface area contributed by atoms with Gasteiger partial charge in [0.1, 0.15) is 0 Å². The predicted molar refractivity (Wildman–Crippen MR) is 104 cm³/mol. The van der Waals surface area contributed by atoms with Gasteiger partial charge in [0, 0.05) is 17.4 Å². The molecule has 6 heteroatoms.